The van der Waals surface area contributed by atoms with Crippen LogP contribution >= 0.6 is 0 Å². The summed E-state index contributed by atoms with van der Waals surface area (Å²) in [6.07, 6.45) is 4.90. The van der Waals surface area contributed by atoms with Gasteiger partial charge in [0.25, 0.3) is 5.91 Å². The zero-order valence-electron chi connectivity index (χ0n) is 11.9. The van der Waals surface area contributed by atoms with Gasteiger partial charge in [-0.2, -0.15) is 0 Å². The van der Waals surface area contributed by atoms with Gasteiger partial charge in [-0.1, -0.05) is 6.07 Å². The van der Waals surface area contributed by atoms with Crippen LogP contribution in [0.25, 0.3) is 0 Å². The van der Waals surface area contributed by atoms with E-state index in [0.717, 1.165) is 25.9 Å². The molecule has 6 heteroatoms. The van der Waals surface area contributed by atoms with E-state index >= 15 is 0 Å². The van der Waals surface area contributed by atoms with Crippen LogP contribution in [0.4, 0.5) is 0 Å². The lowest BCUT2D eigenvalue weighted by Crippen LogP contribution is -2.44. The summed E-state index contributed by atoms with van der Waals surface area (Å²) in [7, 11) is 0. The molecule has 0 radical (unpaired) electrons. The van der Waals surface area contributed by atoms with Gasteiger partial charge in [0.15, 0.2) is 0 Å². The van der Waals surface area contributed by atoms with Gasteiger partial charge in [-0.3, -0.25) is 14.6 Å². The number of aromatic nitrogens is 1. The highest BCUT2D eigenvalue weighted by Crippen LogP contribution is 2.20. The molecule has 3 heterocycles. The molecule has 2 aliphatic rings. The van der Waals surface area contributed by atoms with Crippen molar-refractivity contribution in [2.75, 3.05) is 19.6 Å². The van der Waals surface area contributed by atoms with Crippen LogP contribution < -0.4 is 10.6 Å². The number of pyridine rings is 1. The van der Waals surface area contributed by atoms with E-state index in [1.807, 2.05) is 4.90 Å². The van der Waals surface area contributed by atoms with E-state index in [2.05, 4.69) is 15.6 Å². The Hall–Kier alpha value is -1.95. The van der Waals surface area contributed by atoms with E-state index < -0.39 is 0 Å². The number of fused-ring (bicyclic) bond motifs is 2. The molecule has 1 aromatic heterocycles. The third-order valence-electron chi connectivity index (χ3n) is 4.17. The number of nitrogens with zero attached hydrogens (tertiary/aromatic N) is 2. The van der Waals surface area contributed by atoms with Crippen molar-refractivity contribution < 1.29 is 9.59 Å². The van der Waals surface area contributed by atoms with E-state index in [1.165, 1.54) is 6.42 Å². The van der Waals surface area contributed by atoms with Crippen molar-refractivity contribution >= 4 is 11.8 Å². The molecule has 2 bridgehead atoms. The molecule has 2 N–H and O–H groups in total. The Morgan fingerprint density at radius 1 is 1.29 bits per heavy atom. The predicted molar refractivity (Wildman–Crippen MR) is 77.7 cm³/mol. The molecule has 0 saturated carbocycles. The smallest absolute Gasteiger partial charge is 0.270 e. The first-order valence-electron chi connectivity index (χ1n) is 7.45. The Bertz CT molecular complexity index is 520. The normalized spacial score (nSPS) is 24.5. The van der Waals surface area contributed by atoms with Crippen LogP contribution in [0.15, 0.2) is 24.4 Å². The zero-order valence-corrected chi connectivity index (χ0v) is 11.9. The number of likely N-dealkylation sites (tertiary alicyclic amines) is 1. The summed E-state index contributed by atoms with van der Waals surface area (Å²) in [5.74, 6) is -0.327. The fourth-order valence-corrected chi connectivity index (χ4v) is 3.02. The third kappa shape index (κ3) is 3.39. The van der Waals surface area contributed by atoms with Crippen LogP contribution in [0, 0.1) is 0 Å². The molecule has 0 spiro atoms. The van der Waals surface area contributed by atoms with Gasteiger partial charge in [-0.25, -0.2) is 0 Å². The van der Waals surface area contributed by atoms with Gasteiger partial charge in [-0.15, -0.1) is 0 Å². The molecular weight excluding hydrogens is 268 g/mol. The largest absolute Gasteiger partial charge is 0.342 e. The van der Waals surface area contributed by atoms with E-state index in [4.69, 9.17) is 0 Å². The van der Waals surface area contributed by atoms with E-state index in [1.54, 1.807) is 24.4 Å². The summed E-state index contributed by atoms with van der Waals surface area (Å²) < 4.78 is 0. The Kier molecular flexibility index (Phi) is 4.15. The average Bonchev–Trinajstić information content (AvgIpc) is 2.84. The number of hydrogen-bond donors (Lipinski definition) is 2. The second kappa shape index (κ2) is 6.22. The highest BCUT2D eigenvalue weighted by Gasteiger charge is 2.31. The molecule has 3 rings (SSSR count). The maximum atomic E-state index is 12.2. The highest BCUT2D eigenvalue weighted by atomic mass is 16.2. The van der Waals surface area contributed by atoms with E-state index in [-0.39, 0.29) is 18.4 Å². The topological polar surface area (TPSA) is 74.3 Å². The first kappa shape index (κ1) is 14.0. The third-order valence-corrected chi connectivity index (χ3v) is 4.17. The molecule has 2 aliphatic heterocycles. The van der Waals surface area contributed by atoms with Gasteiger partial charge in [0.05, 0.1) is 6.54 Å². The first-order chi connectivity index (χ1) is 10.2. The van der Waals surface area contributed by atoms with Gasteiger partial charge in [0.2, 0.25) is 5.91 Å². The van der Waals surface area contributed by atoms with Crippen LogP contribution in [-0.2, 0) is 4.79 Å². The van der Waals surface area contributed by atoms with Crippen molar-refractivity contribution in [2.45, 2.75) is 31.3 Å². The Labute approximate surface area is 123 Å². The first-order valence-corrected chi connectivity index (χ1v) is 7.45. The molecular formula is C15H20N4O2. The summed E-state index contributed by atoms with van der Waals surface area (Å²) >= 11 is 0. The molecule has 6 nitrogen and oxygen atoms in total. The van der Waals surface area contributed by atoms with Gasteiger partial charge in [0, 0.05) is 31.4 Å². The summed E-state index contributed by atoms with van der Waals surface area (Å²) in [5.41, 5.74) is 0.335. The second-order valence-corrected chi connectivity index (χ2v) is 5.66. The Morgan fingerprint density at radius 3 is 2.95 bits per heavy atom. The monoisotopic (exact) mass is 288 g/mol. The van der Waals surface area contributed by atoms with Crippen molar-refractivity contribution in [1.29, 1.82) is 0 Å². The maximum Gasteiger partial charge on any atom is 0.270 e. The van der Waals surface area contributed by atoms with Crippen molar-refractivity contribution in [1.82, 2.24) is 20.5 Å². The van der Waals surface area contributed by atoms with Crippen LogP contribution in [0.3, 0.4) is 0 Å². The van der Waals surface area contributed by atoms with E-state index in [0.29, 0.717) is 17.8 Å². The quantitative estimate of drug-likeness (QED) is 0.831. The maximum absolute atomic E-state index is 12.2. The van der Waals surface area contributed by atoms with Crippen molar-refractivity contribution in [3.05, 3.63) is 30.1 Å². The number of carbonyl (C=O) groups is 2. The molecule has 2 atom stereocenters. The molecule has 2 fully saturated rings. The lowest BCUT2D eigenvalue weighted by Gasteiger charge is -2.24. The fourth-order valence-electron chi connectivity index (χ4n) is 3.02. The van der Waals surface area contributed by atoms with Gasteiger partial charge in [0.1, 0.15) is 5.69 Å². The lowest BCUT2D eigenvalue weighted by molar-refractivity contribution is -0.130. The number of nitrogens with one attached hydrogen (secondary N) is 2. The zero-order chi connectivity index (χ0) is 14.7. The van der Waals surface area contributed by atoms with Gasteiger partial charge in [-0.05, 0) is 31.4 Å². The number of hydrogen-bond acceptors (Lipinski definition) is 4. The van der Waals surface area contributed by atoms with Crippen LogP contribution in [-0.4, -0.2) is 53.4 Å². The van der Waals surface area contributed by atoms with Crippen molar-refractivity contribution in [3.8, 4) is 0 Å². The average molecular weight is 288 g/mol. The lowest BCUT2D eigenvalue weighted by atomic mass is 10.1. The van der Waals surface area contributed by atoms with Crippen LogP contribution in [0.1, 0.15) is 29.8 Å². The van der Waals surface area contributed by atoms with Crippen LogP contribution in [0.5, 0.6) is 0 Å². The molecule has 2 saturated heterocycles. The van der Waals surface area contributed by atoms with E-state index in [9.17, 15) is 9.59 Å². The molecule has 21 heavy (non-hydrogen) atoms. The van der Waals surface area contributed by atoms with Gasteiger partial charge >= 0.3 is 0 Å². The summed E-state index contributed by atoms with van der Waals surface area (Å²) in [6.45, 7) is 1.55. The fraction of sp³-hybridized carbons (Fsp3) is 0.533. The number of carbonyl (C=O) groups excluding carboxylic acids is 2. The number of rotatable bonds is 3. The predicted octanol–water partition coefficient (Wildman–Crippen LogP) is 0.164. The molecule has 112 valence electrons. The standard InChI is InChI=1S/C15H20N4O2/c20-14(9-17-15(21)13-3-1-2-7-16-13)19-8-6-11-4-5-12(10-19)18-11/h1-3,7,11-12,18H,4-6,8-10H2,(H,17,21). The van der Waals surface area contributed by atoms with Gasteiger partial charge < -0.3 is 15.5 Å². The summed E-state index contributed by atoms with van der Waals surface area (Å²) in [5, 5.41) is 6.18. The molecule has 0 aromatic carbocycles. The molecule has 0 aliphatic carbocycles. The number of amides is 2. The minimum atomic E-state index is -0.307. The summed E-state index contributed by atoms with van der Waals surface area (Å²) in [4.78, 5) is 29.9. The molecule has 2 amide bonds. The summed E-state index contributed by atoms with van der Waals surface area (Å²) in [6, 6.07) is 6.10. The molecule has 2 unspecified atom stereocenters. The minimum absolute atomic E-state index is 0.0198. The van der Waals surface area contributed by atoms with Crippen molar-refractivity contribution in [3.63, 3.8) is 0 Å². The van der Waals surface area contributed by atoms with Crippen LogP contribution in [0.2, 0.25) is 0 Å². The highest BCUT2D eigenvalue weighted by molar-refractivity contribution is 5.94. The minimum Gasteiger partial charge on any atom is -0.342 e. The second-order valence-electron chi connectivity index (χ2n) is 5.66. The van der Waals surface area contributed by atoms with Crippen molar-refractivity contribution in [2.24, 2.45) is 0 Å². The SMILES string of the molecule is O=C(NCC(=O)N1CCC2CCC(C1)N2)c1ccccn1. The Morgan fingerprint density at radius 2 is 2.14 bits per heavy atom. The Balaban J connectivity index is 1.51. The molecule has 1 aromatic rings.